The van der Waals surface area contributed by atoms with Crippen molar-refractivity contribution in [3.8, 4) is 11.5 Å². The van der Waals surface area contributed by atoms with Gasteiger partial charge in [-0.3, -0.25) is 0 Å². The standard InChI is InChI=1S/C14H21NO2/c1-16-13-7-5-8-14(17-2)12(13)10-11-6-3-4-9-15-11/h5,7-8,11,15H,3-4,6,9-10H2,1-2H3. The lowest BCUT2D eigenvalue weighted by Crippen LogP contribution is -2.35. The number of hydrogen-bond donors (Lipinski definition) is 1. The van der Waals surface area contributed by atoms with Crippen molar-refractivity contribution in [3.05, 3.63) is 23.8 Å². The minimum Gasteiger partial charge on any atom is -0.496 e. The summed E-state index contributed by atoms with van der Waals surface area (Å²) in [7, 11) is 3.43. The van der Waals surface area contributed by atoms with E-state index in [1.54, 1.807) is 14.2 Å². The molecule has 1 unspecified atom stereocenters. The molecule has 1 fully saturated rings. The fourth-order valence-electron chi connectivity index (χ4n) is 2.47. The van der Waals surface area contributed by atoms with Crippen molar-refractivity contribution in [2.75, 3.05) is 20.8 Å². The number of piperidine rings is 1. The predicted octanol–water partition coefficient (Wildman–Crippen LogP) is 2.39. The average Bonchev–Trinajstić information content (AvgIpc) is 2.40. The summed E-state index contributed by atoms with van der Waals surface area (Å²) in [6, 6.07) is 6.52. The smallest absolute Gasteiger partial charge is 0.125 e. The Balaban J connectivity index is 2.16. The molecule has 1 heterocycles. The van der Waals surface area contributed by atoms with Gasteiger partial charge < -0.3 is 14.8 Å². The summed E-state index contributed by atoms with van der Waals surface area (Å²) in [5.74, 6) is 1.86. The molecule has 1 saturated heterocycles. The van der Waals surface area contributed by atoms with Crippen LogP contribution in [0.25, 0.3) is 0 Å². The van der Waals surface area contributed by atoms with Gasteiger partial charge in [0.25, 0.3) is 0 Å². The Morgan fingerprint density at radius 2 is 1.88 bits per heavy atom. The lowest BCUT2D eigenvalue weighted by atomic mass is 9.96. The molecule has 1 aliphatic heterocycles. The van der Waals surface area contributed by atoms with Gasteiger partial charge in [-0.25, -0.2) is 0 Å². The molecular formula is C14H21NO2. The number of methoxy groups -OCH3 is 2. The third-order valence-electron chi connectivity index (χ3n) is 3.39. The minimum absolute atomic E-state index is 0.550. The van der Waals surface area contributed by atoms with Gasteiger partial charge in [0, 0.05) is 11.6 Å². The highest BCUT2D eigenvalue weighted by Gasteiger charge is 2.18. The van der Waals surface area contributed by atoms with Crippen LogP contribution in [-0.2, 0) is 6.42 Å². The van der Waals surface area contributed by atoms with E-state index in [2.05, 4.69) is 5.32 Å². The summed E-state index contributed by atoms with van der Waals surface area (Å²) in [4.78, 5) is 0. The van der Waals surface area contributed by atoms with E-state index in [1.807, 2.05) is 18.2 Å². The second-order valence-electron chi connectivity index (χ2n) is 4.49. The van der Waals surface area contributed by atoms with Crippen LogP contribution in [0.4, 0.5) is 0 Å². The number of ether oxygens (including phenoxy) is 2. The van der Waals surface area contributed by atoms with Crippen LogP contribution in [0.15, 0.2) is 18.2 Å². The van der Waals surface area contributed by atoms with Gasteiger partial charge in [-0.2, -0.15) is 0 Å². The van der Waals surface area contributed by atoms with Crippen molar-refractivity contribution in [1.82, 2.24) is 5.32 Å². The third-order valence-corrected chi connectivity index (χ3v) is 3.39. The fraction of sp³-hybridized carbons (Fsp3) is 0.571. The molecule has 1 aromatic rings. The Labute approximate surface area is 103 Å². The molecule has 2 rings (SSSR count). The van der Waals surface area contributed by atoms with Gasteiger partial charge in [0.2, 0.25) is 0 Å². The van der Waals surface area contributed by atoms with E-state index in [-0.39, 0.29) is 0 Å². The molecule has 3 heteroatoms. The monoisotopic (exact) mass is 235 g/mol. The van der Waals surface area contributed by atoms with Crippen LogP contribution in [-0.4, -0.2) is 26.8 Å². The van der Waals surface area contributed by atoms with E-state index in [0.717, 1.165) is 24.5 Å². The normalized spacial score (nSPS) is 20.0. The molecule has 0 radical (unpaired) electrons. The molecule has 0 amide bonds. The first-order valence-electron chi connectivity index (χ1n) is 6.28. The zero-order valence-electron chi connectivity index (χ0n) is 10.7. The van der Waals surface area contributed by atoms with Crippen molar-refractivity contribution < 1.29 is 9.47 Å². The molecule has 1 N–H and O–H groups in total. The molecular weight excluding hydrogens is 214 g/mol. The summed E-state index contributed by atoms with van der Waals surface area (Å²) >= 11 is 0. The molecule has 0 aliphatic carbocycles. The lowest BCUT2D eigenvalue weighted by molar-refractivity contribution is 0.362. The zero-order chi connectivity index (χ0) is 12.1. The van der Waals surface area contributed by atoms with Gasteiger partial charge in [-0.1, -0.05) is 12.5 Å². The molecule has 0 saturated carbocycles. The van der Waals surface area contributed by atoms with Gasteiger partial charge >= 0.3 is 0 Å². The Morgan fingerprint density at radius 1 is 1.18 bits per heavy atom. The average molecular weight is 235 g/mol. The first-order valence-corrected chi connectivity index (χ1v) is 6.28. The van der Waals surface area contributed by atoms with Crippen LogP contribution in [0, 0.1) is 0 Å². The van der Waals surface area contributed by atoms with E-state index in [9.17, 15) is 0 Å². The summed E-state index contributed by atoms with van der Waals surface area (Å²) in [5.41, 5.74) is 1.18. The molecule has 0 aromatic heterocycles. The van der Waals surface area contributed by atoms with Crippen molar-refractivity contribution in [2.45, 2.75) is 31.7 Å². The second kappa shape index (κ2) is 5.92. The number of nitrogens with one attached hydrogen (secondary N) is 1. The van der Waals surface area contributed by atoms with E-state index in [4.69, 9.17) is 9.47 Å². The van der Waals surface area contributed by atoms with Gasteiger partial charge in [0.1, 0.15) is 11.5 Å². The summed E-state index contributed by atoms with van der Waals surface area (Å²) in [6.45, 7) is 1.13. The van der Waals surface area contributed by atoms with Crippen LogP contribution < -0.4 is 14.8 Å². The van der Waals surface area contributed by atoms with Gasteiger partial charge in [-0.05, 0) is 37.9 Å². The molecule has 94 valence electrons. The van der Waals surface area contributed by atoms with E-state index >= 15 is 0 Å². The maximum absolute atomic E-state index is 5.42. The highest BCUT2D eigenvalue weighted by Crippen LogP contribution is 2.30. The van der Waals surface area contributed by atoms with E-state index < -0.39 is 0 Å². The first kappa shape index (κ1) is 12.2. The minimum atomic E-state index is 0.550. The summed E-state index contributed by atoms with van der Waals surface area (Å²) < 4.78 is 10.8. The van der Waals surface area contributed by atoms with Crippen LogP contribution in [0.1, 0.15) is 24.8 Å². The van der Waals surface area contributed by atoms with E-state index in [1.165, 1.54) is 24.8 Å². The Morgan fingerprint density at radius 3 is 2.41 bits per heavy atom. The van der Waals surface area contributed by atoms with Gasteiger partial charge in [0.05, 0.1) is 14.2 Å². The molecule has 1 aliphatic rings. The maximum atomic E-state index is 5.42. The van der Waals surface area contributed by atoms with Gasteiger partial charge in [-0.15, -0.1) is 0 Å². The number of benzene rings is 1. The number of hydrogen-bond acceptors (Lipinski definition) is 3. The highest BCUT2D eigenvalue weighted by atomic mass is 16.5. The van der Waals surface area contributed by atoms with Crippen LogP contribution in [0.5, 0.6) is 11.5 Å². The molecule has 0 bridgehead atoms. The molecule has 0 spiro atoms. The third kappa shape index (κ3) is 2.91. The van der Waals surface area contributed by atoms with E-state index in [0.29, 0.717) is 6.04 Å². The van der Waals surface area contributed by atoms with Crippen molar-refractivity contribution in [3.63, 3.8) is 0 Å². The Kier molecular flexibility index (Phi) is 4.26. The Hall–Kier alpha value is -1.22. The first-order chi connectivity index (χ1) is 8.35. The van der Waals surface area contributed by atoms with Crippen molar-refractivity contribution >= 4 is 0 Å². The molecule has 1 atom stereocenters. The highest BCUT2D eigenvalue weighted by molar-refractivity contribution is 5.45. The Bertz CT molecular complexity index is 337. The summed E-state index contributed by atoms with van der Waals surface area (Å²) in [6.07, 6.45) is 4.82. The van der Waals surface area contributed by atoms with Crippen molar-refractivity contribution in [2.24, 2.45) is 0 Å². The number of rotatable bonds is 4. The largest absolute Gasteiger partial charge is 0.496 e. The van der Waals surface area contributed by atoms with Crippen LogP contribution in [0.2, 0.25) is 0 Å². The maximum Gasteiger partial charge on any atom is 0.125 e. The fourth-order valence-corrected chi connectivity index (χ4v) is 2.47. The molecule has 1 aromatic carbocycles. The van der Waals surface area contributed by atoms with Crippen LogP contribution >= 0.6 is 0 Å². The van der Waals surface area contributed by atoms with Crippen molar-refractivity contribution in [1.29, 1.82) is 0 Å². The summed E-state index contributed by atoms with van der Waals surface area (Å²) in [5, 5.41) is 3.56. The predicted molar refractivity (Wildman–Crippen MR) is 68.9 cm³/mol. The molecule has 3 nitrogen and oxygen atoms in total. The second-order valence-corrected chi connectivity index (χ2v) is 4.49. The molecule has 17 heavy (non-hydrogen) atoms. The topological polar surface area (TPSA) is 30.5 Å². The van der Waals surface area contributed by atoms with Gasteiger partial charge in [0.15, 0.2) is 0 Å². The SMILES string of the molecule is COc1cccc(OC)c1CC1CCCCN1. The van der Waals surface area contributed by atoms with Crippen LogP contribution in [0.3, 0.4) is 0 Å². The quantitative estimate of drug-likeness (QED) is 0.869. The zero-order valence-corrected chi connectivity index (χ0v) is 10.7. The lowest BCUT2D eigenvalue weighted by Gasteiger charge is -2.25.